The molecular weight excluding hydrogens is 297 g/mol. The minimum Gasteiger partial charge on any atom is -0.391 e. The number of nitrogens with zero attached hydrogens (tertiary/aromatic N) is 2. The van der Waals surface area contributed by atoms with Gasteiger partial charge in [-0.15, -0.1) is 0 Å². The molecular formula is C17H20FN3O2. The third-order valence-corrected chi connectivity index (χ3v) is 4.33. The van der Waals surface area contributed by atoms with Gasteiger partial charge in [-0.05, 0) is 49.1 Å². The molecule has 1 heterocycles. The predicted octanol–water partition coefficient (Wildman–Crippen LogP) is 2.29. The number of nitrogens with one attached hydrogen (secondary N) is 1. The van der Waals surface area contributed by atoms with E-state index in [4.69, 9.17) is 0 Å². The highest BCUT2D eigenvalue weighted by atomic mass is 19.1. The minimum atomic E-state index is -0.499. The first-order chi connectivity index (χ1) is 11.1. The van der Waals surface area contributed by atoms with E-state index in [1.54, 1.807) is 24.4 Å². The van der Waals surface area contributed by atoms with Crippen molar-refractivity contribution in [2.75, 3.05) is 6.54 Å². The molecule has 2 aromatic rings. The van der Waals surface area contributed by atoms with E-state index in [0.29, 0.717) is 5.69 Å². The molecule has 1 atom stereocenters. The monoisotopic (exact) mass is 317 g/mol. The van der Waals surface area contributed by atoms with Crippen LogP contribution < -0.4 is 5.32 Å². The molecule has 5 nitrogen and oxygen atoms in total. The number of rotatable bonds is 5. The highest BCUT2D eigenvalue weighted by Crippen LogP contribution is 2.27. The topological polar surface area (TPSA) is 67.2 Å². The first-order valence-corrected chi connectivity index (χ1v) is 7.91. The van der Waals surface area contributed by atoms with Crippen LogP contribution in [0.25, 0.3) is 5.69 Å². The summed E-state index contributed by atoms with van der Waals surface area (Å²) in [5.41, 5.74) is 0.949. The molecule has 6 heteroatoms. The number of benzene rings is 1. The Morgan fingerprint density at radius 2 is 2.00 bits per heavy atom. The standard InChI is InChI=1S/C17H20FN3O2/c18-13-5-7-14(8-6-13)21-10-9-15(20-21)17(23)19-11-16(22)12-3-1-2-4-12/h5-10,12,16,22H,1-4,11H2,(H,19,23). The number of hydrogen-bond donors (Lipinski definition) is 2. The van der Waals surface area contributed by atoms with E-state index in [0.717, 1.165) is 25.7 Å². The van der Waals surface area contributed by atoms with Crippen LogP contribution in [0.2, 0.25) is 0 Å². The number of carbonyl (C=O) groups excluding carboxylic acids is 1. The summed E-state index contributed by atoms with van der Waals surface area (Å²) in [5, 5.41) is 17.0. The molecule has 1 aliphatic carbocycles. The molecule has 0 radical (unpaired) electrons. The minimum absolute atomic E-state index is 0.243. The zero-order valence-electron chi connectivity index (χ0n) is 12.8. The van der Waals surface area contributed by atoms with Gasteiger partial charge in [0.05, 0.1) is 11.8 Å². The fourth-order valence-corrected chi connectivity index (χ4v) is 2.98. The molecule has 122 valence electrons. The first kappa shape index (κ1) is 15.7. The van der Waals surface area contributed by atoms with Crippen LogP contribution in [0.1, 0.15) is 36.2 Å². The molecule has 1 aromatic heterocycles. The van der Waals surface area contributed by atoms with Crippen LogP contribution in [-0.4, -0.2) is 33.4 Å². The molecule has 1 unspecified atom stereocenters. The van der Waals surface area contributed by atoms with Gasteiger partial charge in [-0.1, -0.05) is 12.8 Å². The van der Waals surface area contributed by atoms with Crippen molar-refractivity contribution in [3.8, 4) is 5.69 Å². The summed E-state index contributed by atoms with van der Waals surface area (Å²) in [6.07, 6.45) is 5.50. The van der Waals surface area contributed by atoms with Crippen LogP contribution in [0, 0.1) is 11.7 Å². The average molecular weight is 317 g/mol. The smallest absolute Gasteiger partial charge is 0.271 e. The lowest BCUT2D eigenvalue weighted by Crippen LogP contribution is -2.35. The number of aliphatic hydroxyl groups excluding tert-OH is 1. The zero-order valence-corrected chi connectivity index (χ0v) is 12.8. The van der Waals surface area contributed by atoms with Crippen LogP contribution in [0.4, 0.5) is 4.39 Å². The number of carbonyl (C=O) groups is 1. The maximum absolute atomic E-state index is 12.9. The molecule has 0 bridgehead atoms. The number of aliphatic hydroxyl groups is 1. The van der Waals surface area contributed by atoms with Gasteiger partial charge in [0.2, 0.25) is 0 Å². The van der Waals surface area contributed by atoms with Crippen molar-refractivity contribution in [3.63, 3.8) is 0 Å². The Morgan fingerprint density at radius 3 is 2.70 bits per heavy atom. The lowest BCUT2D eigenvalue weighted by atomic mass is 10.0. The average Bonchev–Trinajstić information content (AvgIpc) is 3.24. The van der Waals surface area contributed by atoms with Gasteiger partial charge in [0.25, 0.3) is 5.91 Å². The molecule has 0 saturated heterocycles. The molecule has 23 heavy (non-hydrogen) atoms. The van der Waals surface area contributed by atoms with Gasteiger partial charge in [-0.25, -0.2) is 9.07 Å². The third-order valence-electron chi connectivity index (χ3n) is 4.33. The third kappa shape index (κ3) is 3.76. The first-order valence-electron chi connectivity index (χ1n) is 7.91. The largest absolute Gasteiger partial charge is 0.391 e. The second kappa shape index (κ2) is 6.91. The van der Waals surface area contributed by atoms with E-state index in [9.17, 15) is 14.3 Å². The van der Waals surface area contributed by atoms with E-state index < -0.39 is 6.10 Å². The Hall–Kier alpha value is -2.21. The van der Waals surface area contributed by atoms with Gasteiger partial charge < -0.3 is 10.4 Å². The Bertz CT molecular complexity index is 663. The Kier molecular flexibility index (Phi) is 4.71. The normalized spacial score (nSPS) is 16.4. The van der Waals surface area contributed by atoms with E-state index in [2.05, 4.69) is 10.4 Å². The molecule has 0 spiro atoms. The molecule has 0 aliphatic heterocycles. The SMILES string of the molecule is O=C(NCC(O)C1CCCC1)c1ccn(-c2ccc(F)cc2)n1. The second-order valence-electron chi connectivity index (χ2n) is 5.94. The lowest BCUT2D eigenvalue weighted by Gasteiger charge is -2.17. The van der Waals surface area contributed by atoms with Gasteiger partial charge >= 0.3 is 0 Å². The van der Waals surface area contributed by atoms with Crippen LogP contribution >= 0.6 is 0 Å². The predicted molar refractivity (Wildman–Crippen MR) is 83.8 cm³/mol. The summed E-state index contributed by atoms with van der Waals surface area (Å²) in [7, 11) is 0. The van der Waals surface area contributed by atoms with Crippen molar-refractivity contribution in [3.05, 3.63) is 48.0 Å². The van der Waals surface area contributed by atoms with Crippen LogP contribution in [0.5, 0.6) is 0 Å². The van der Waals surface area contributed by atoms with Gasteiger partial charge in [0, 0.05) is 12.7 Å². The molecule has 1 aliphatic rings. The van der Waals surface area contributed by atoms with Crippen molar-refractivity contribution < 1.29 is 14.3 Å². The van der Waals surface area contributed by atoms with Crippen molar-refractivity contribution in [2.24, 2.45) is 5.92 Å². The van der Waals surface area contributed by atoms with Crippen LogP contribution in [0.15, 0.2) is 36.5 Å². The molecule has 1 amide bonds. The summed E-state index contributed by atoms with van der Waals surface area (Å²) in [6.45, 7) is 0.243. The summed E-state index contributed by atoms with van der Waals surface area (Å²) < 4.78 is 14.4. The van der Waals surface area contributed by atoms with E-state index in [1.807, 2.05) is 0 Å². The maximum Gasteiger partial charge on any atom is 0.271 e. The van der Waals surface area contributed by atoms with Gasteiger partial charge in [0.1, 0.15) is 5.82 Å². The number of hydrogen-bond acceptors (Lipinski definition) is 3. The number of amides is 1. The van der Waals surface area contributed by atoms with E-state index in [1.165, 1.54) is 16.8 Å². The van der Waals surface area contributed by atoms with Gasteiger partial charge in [-0.2, -0.15) is 5.10 Å². The molecule has 3 rings (SSSR count). The highest BCUT2D eigenvalue weighted by Gasteiger charge is 2.23. The molecule has 1 saturated carbocycles. The van der Waals surface area contributed by atoms with Gasteiger partial charge in [-0.3, -0.25) is 4.79 Å². The molecule has 1 aromatic carbocycles. The second-order valence-corrected chi connectivity index (χ2v) is 5.94. The van der Waals surface area contributed by atoms with Crippen molar-refractivity contribution in [2.45, 2.75) is 31.8 Å². The van der Waals surface area contributed by atoms with Crippen molar-refractivity contribution >= 4 is 5.91 Å². The Labute approximate surface area is 134 Å². The molecule has 2 N–H and O–H groups in total. The quantitative estimate of drug-likeness (QED) is 0.889. The Balaban J connectivity index is 1.58. The van der Waals surface area contributed by atoms with Crippen molar-refractivity contribution in [1.82, 2.24) is 15.1 Å². The Morgan fingerprint density at radius 1 is 1.30 bits per heavy atom. The maximum atomic E-state index is 12.9. The summed E-state index contributed by atoms with van der Waals surface area (Å²) in [5.74, 6) is -0.352. The summed E-state index contributed by atoms with van der Waals surface area (Å²) >= 11 is 0. The zero-order chi connectivity index (χ0) is 16.2. The van der Waals surface area contributed by atoms with E-state index >= 15 is 0 Å². The van der Waals surface area contributed by atoms with Gasteiger partial charge in [0.15, 0.2) is 5.69 Å². The highest BCUT2D eigenvalue weighted by molar-refractivity contribution is 5.92. The fourth-order valence-electron chi connectivity index (χ4n) is 2.98. The number of halogens is 1. The lowest BCUT2D eigenvalue weighted by molar-refractivity contribution is 0.0836. The molecule has 1 fully saturated rings. The fraction of sp³-hybridized carbons (Fsp3) is 0.412. The van der Waals surface area contributed by atoms with E-state index in [-0.39, 0.29) is 29.9 Å². The summed E-state index contributed by atoms with van der Waals surface area (Å²) in [4.78, 5) is 12.1. The number of aromatic nitrogens is 2. The van der Waals surface area contributed by atoms with Crippen LogP contribution in [-0.2, 0) is 0 Å². The summed E-state index contributed by atoms with van der Waals surface area (Å²) in [6, 6.07) is 7.46. The van der Waals surface area contributed by atoms with Crippen molar-refractivity contribution in [1.29, 1.82) is 0 Å². The van der Waals surface area contributed by atoms with Crippen LogP contribution in [0.3, 0.4) is 0 Å².